The van der Waals surface area contributed by atoms with Gasteiger partial charge < -0.3 is 9.38 Å². The monoisotopic (exact) mass is 960 g/mol. The van der Waals surface area contributed by atoms with E-state index in [9.17, 15) is 0 Å². The Labute approximate surface area is 429 Å². The van der Waals surface area contributed by atoms with Crippen molar-refractivity contribution in [1.29, 1.82) is 0 Å². The molecule has 0 N–H and O–H groups in total. The van der Waals surface area contributed by atoms with Gasteiger partial charge in [-0.25, -0.2) is 0 Å². The first-order chi connectivity index (χ1) is 34.8. The molecule has 0 saturated carbocycles. The van der Waals surface area contributed by atoms with Crippen LogP contribution in [0, 0.1) is 0 Å². The Bertz CT molecular complexity index is 4310. The van der Waals surface area contributed by atoms with Crippen LogP contribution in [0.1, 0.15) is 77.6 Å². The van der Waals surface area contributed by atoms with Crippen molar-refractivity contribution in [3.63, 3.8) is 0 Å². The summed E-state index contributed by atoms with van der Waals surface area (Å²) in [6.07, 6.45) is 0. The molecule has 5 heterocycles. The van der Waals surface area contributed by atoms with Gasteiger partial charge in [0.15, 0.2) is 0 Å². The van der Waals surface area contributed by atoms with E-state index in [2.05, 4.69) is 241 Å². The third-order valence-corrected chi connectivity index (χ3v) is 19.0. The molecular formula is C67H53BN2S2. The van der Waals surface area contributed by atoms with Gasteiger partial charge >= 0.3 is 6.85 Å². The molecule has 0 bridgehead atoms. The van der Waals surface area contributed by atoms with E-state index in [1.165, 1.54) is 146 Å². The molecule has 3 aliphatic rings. The van der Waals surface area contributed by atoms with Crippen molar-refractivity contribution in [3.8, 4) is 49.5 Å². The molecule has 346 valence electrons. The van der Waals surface area contributed by atoms with Gasteiger partial charge in [-0.2, -0.15) is 0 Å². The molecule has 3 aromatic heterocycles. The van der Waals surface area contributed by atoms with Crippen LogP contribution in [-0.4, -0.2) is 11.4 Å². The molecular weight excluding hydrogens is 908 g/mol. The lowest BCUT2D eigenvalue weighted by Gasteiger charge is -2.43. The van der Waals surface area contributed by atoms with E-state index in [1.54, 1.807) is 0 Å². The Kier molecular flexibility index (Phi) is 8.56. The van der Waals surface area contributed by atoms with E-state index < -0.39 is 0 Å². The zero-order chi connectivity index (χ0) is 48.7. The zero-order valence-electron chi connectivity index (χ0n) is 42.0. The average Bonchev–Trinajstić information content (AvgIpc) is 4.11. The summed E-state index contributed by atoms with van der Waals surface area (Å²) in [5.74, 6) is 0. The topological polar surface area (TPSA) is 8.17 Å². The summed E-state index contributed by atoms with van der Waals surface area (Å²) in [6.45, 7) is 18.9. The van der Waals surface area contributed by atoms with Crippen LogP contribution in [0.15, 0.2) is 176 Å². The normalized spacial score (nSPS) is 14.4. The van der Waals surface area contributed by atoms with Crippen LogP contribution < -0.4 is 15.7 Å². The van der Waals surface area contributed by atoms with Crippen molar-refractivity contribution >= 4 is 104 Å². The fourth-order valence-corrected chi connectivity index (χ4v) is 15.6. The van der Waals surface area contributed by atoms with E-state index in [1.807, 2.05) is 22.7 Å². The second-order valence-corrected chi connectivity index (χ2v) is 25.4. The number of hydrogen-bond acceptors (Lipinski definition) is 3. The number of fused-ring (bicyclic) bond motifs is 17. The highest BCUT2D eigenvalue weighted by Gasteiger charge is 2.50. The summed E-state index contributed by atoms with van der Waals surface area (Å²) < 4.78 is 6.68. The first-order valence-electron chi connectivity index (χ1n) is 25.6. The fourth-order valence-electron chi connectivity index (χ4n) is 13.2. The predicted octanol–water partition coefficient (Wildman–Crippen LogP) is 17.8. The number of anilines is 2. The van der Waals surface area contributed by atoms with Gasteiger partial charge in [0.25, 0.3) is 0 Å². The molecule has 0 fully saturated rings. The summed E-state index contributed by atoms with van der Waals surface area (Å²) >= 11 is 3.86. The Hall–Kier alpha value is -7.18. The van der Waals surface area contributed by atoms with Crippen molar-refractivity contribution in [2.45, 2.75) is 71.6 Å². The van der Waals surface area contributed by atoms with Gasteiger partial charge in [0, 0.05) is 79.5 Å². The van der Waals surface area contributed by atoms with Crippen LogP contribution in [-0.2, 0) is 16.2 Å². The highest BCUT2D eigenvalue weighted by Crippen LogP contribution is 2.60. The molecule has 0 amide bonds. The Balaban J connectivity index is 1.18. The van der Waals surface area contributed by atoms with E-state index in [0.29, 0.717) is 0 Å². The Morgan fingerprint density at radius 1 is 0.486 bits per heavy atom. The molecule has 0 unspecified atom stereocenters. The Morgan fingerprint density at radius 3 is 1.90 bits per heavy atom. The van der Waals surface area contributed by atoms with Crippen molar-refractivity contribution in [3.05, 3.63) is 198 Å². The number of nitrogens with zero attached hydrogens (tertiary/aromatic N) is 2. The number of hydrogen-bond donors (Lipinski definition) is 0. The quantitative estimate of drug-likeness (QED) is 0.160. The first-order valence-corrected chi connectivity index (χ1v) is 27.2. The van der Waals surface area contributed by atoms with Gasteiger partial charge in [0.2, 0.25) is 0 Å². The maximum atomic E-state index is 2.75. The summed E-state index contributed by atoms with van der Waals surface area (Å²) in [7, 11) is 0. The third-order valence-electron chi connectivity index (χ3n) is 16.6. The second kappa shape index (κ2) is 14.5. The lowest BCUT2D eigenvalue weighted by atomic mass is 9.43. The minimum absolute atomic E-state index is 0.0169. The third kappa shape index (κ3) is 5.67. The van der Waals surface area contributed by atoms with Gasteiger partial charge in [-0.15, -0.1) is 22.7 Å². The average molecular weight is 961 g/mol. The van der Waals surface area contributed by atoms with Crippen LogP contribution >= 0.6 is 22.7 Å². The van der Waals surface area contributed by atoms with Gasteiger partial charge in [-0.3, -0.25) is 0 Å². The standard InChI is InChI=1S/C67H53BN2S2/c1-65(2,3)40-27-30-42(31-28-40)70-52-37-56-45(43-23-16-18-26-54(43)71-56)34-47(52)59-58-44-24-15-17-25-49(44)67(7,8)61(58)60-46-33-41(66(4,5)6)29-32-51(46)69-53-35-48-55(36-50(53)68(70)62(59)63(60)69)72-64(39-21-13-10-14-22-39)57(48)38-19-11-9-12-20-38/h9-37H,1-8H3. The molecule has 15 rings (SSSR count). The van der Waals surface area contributed by atoms with E-state index in [4.69, 9.17) is 0 Å². The van der Waals surface area contributed by atoms with Crippen LogP contribution in [0.3, 0.4) is 0 Å². The smallest absolute Gasteiger partial charge is 0.333 e. The Morgan fingerprint density at radius 2 is 1.15 bits per heavy atom. The van der Waals surface area contributed by atoms with Crippen LogP contribution in [0.2, 0.25) is 0 Å². The highest BCUT2D eigenvalue weighted by molar-refractivity contribution is 7.26. The van der Waals surface area contributed by atoms with Gasteiger partial charge in [0.05, 0.1) is 11.0 Å². The second-order valence-electron chi connectivity index (χ2n) is 23.2. The molecule has 0 saturated heterocycles. The summed E-state index contributed by atoms with van der Waals surface area (Å²) in [4.78, 5) is 4.06. The maximum Gasteiger partial charge on any atom is 0.333 e. The minimum atomic E-state index is -0.269. The number of thiophene rings is 2. The number of benzene rings is 9. The maximum absolute atomic E-state index is 2.75. The molecule has 72 heavy (non-hydrogen) atoms. The van der Waals surface area contributed by atoms with E-state index in [0.717, 1.165) is 0 Å². The largest absolute Gasteiger partial charge is 0.376 e. The summed E-state index contributed by atoms with van der Waals surface area (Å²) in [5, 5.41) is 6.69. The molecule has 0 atom stereocenters. The van der Waals surface area contributed by atoms with Gasteiger partial charge in [0.1, 0.15) is 0 Å². The van der Waals surface area contributed by atoms with E-state index >= 15 is 0 Å². The van der Waals surface area contributed by atoms with Crippen molar-refractivity contribution in [1.82, 2.24) is 4.57 Å². The molecule has 2 nitrogen and oxygen atoms in total. The van der Waals surface area contributed by atoms with Crippen LogP contribution in [0.25, 0.3) is 102 Å². The van der Waals surface area contributed by atoms with Crippen LogP contribution in [0.5, 0.6) is 0 Å². The molecule has 1 aliphatic carbocycles. The number of rotatable bonds is 3. The molecule has 12 aromatic rings. The van der Waals surface area contributed by atoms with Crippen molar-refractivity contribution in [2.24, 2.45) is 0 Å². The zero-order valence-corrected chi connectivity index (χ0v) is 43.7. The van der Waals surface area contributed by atoms with Crippen molar-refractivity contribution < 1.29 is 0 Å². The van der Waals surface area contributed by atoms with E-state index in [-0.39, 0.29) is 23.1 Å². The molecule has 9 aromatic carbocycles. The lowest BCUT2D eigenvalue weighted by molar-refractivity contribution is 0.590. The highest BCUT2D eigenvalue weighted by atomic mass is 32.1. The first kappa shape index (κ1) is 42.5. The van der Waals surface area contributed by atoms with Crippen molar-refractivity contribution in [2.75, 3.05) is 4.81 Å². The van der Waals surface area contributed by atoms with Gasteiger partial charge in [-0.1, -0.05) is 177 Å². The van der Waals surface area contributed by atoms with Crippen LogP contribution in [0.4, 0.5) is 11.4 Å². The summed E-state index contributed by atoms with van der Waals surface area (Å²) in [6, 6.07) is 67.9. The predicted molar refractivity (Wildman–Crippen MR) is 314 cm³/mol. The molecule has 0 spiro atoms. The van der Waals surface area contributed by atoms with Gasteiger partial charge in [-0.05, 0) is 126 Å². The lowest BCUT2D eigenvalue weighted by Crippen LogP contribution is -2.60. The molecule has 0 radical (unpaired) electrons. The number of aromatic nitrogens is 1. The fraction of sp³-hybridized carbons (Fsp3) is 0.164. The summed E-state index contributed by atoms with van der Waals surface area (Å²) in [5.41, 5.74) is 23.6. The molecule has 2 aliphatic heterocycles. The molecule has 5 heteroatoms. The minimum Gasteiger partial charge on any atom is -0.376 e. The SMILES string of the molecule is CC(C)(C)c1ccc(N2B3c4cc5sc(-c6ccccc6)c(-c6ccccc6)c5cc4-n4c5ccc(C(C)(C)C)cc5c5c6c(c(c3c54)-c3cc4c(cc32)sc2ccccc24)-c2ccccc2C6(C)C)cc1.